The van der Waals surface area contributed by atoms with Crippen molar-refractivity contribution < 1.29 is 0 Å². The number of hydrogen-bond donors (Lipinski definition) is 0. The van der Waals surface area contributed by atoms with E-state index in [1.54, 1.807) is 47.8 Å². The maximum atomic E-state index is 13.2. The fourth-order valence-electron chi connectivity index (χ4n) is 4.01. The zero-order valence-electron chi connectivity index (χ0n) is 16.6. The first-order chi connectivity index (χ1) is 15.2. The SMILES string of the molecule is C[C@@H]1CCc2nnc(-c3cccc(-n4ccc5nn(-c6cnccn6)cc5c4=O)n3)n21. The third-order valence-corrected chi connectivity index (χ3v) is 5.56. The predicted molar refractivity (Wildman–Crippen MR) is 112 cm³/mol. The fourth-order valence-corrected chi connectivity index (χ4v) is 4.01. The standard InChI is InChI=1S/C21H17N9O/c1-13-5-6-18-25-26-20(30(13)18)16-3-2-4-17(24-16)28-10-7-15-14(21(28)31)12-29(27-15)19-11-22-8-9-23-19/h2-4,7-13H,5-6H2,1H3/t13-/m1/s1. The zero-order valence-corrected chi connectivity index (χ0v) is 16.6. The van der Waals surface area contributed by atoms with Gasteiger partial charge in [0.1, 0.15) is 17.3 Å². The monoisotopic (exact) mass is 411 g/mol. The average Bonchev–Trinajstić information content (AvgIpc) is 3.51. The Balaban J connectivity index is 1.45. The third-order valence-electron chi connectivity index (χ3n) is 5.56. The summed E-state index contributed by atoms with van der Waals surface area (Å²) in [7, 11) is 0. The molecule has 0 unspecified atom stereocenters. The number of aryl methyl sites for hydroxylation is 1. The second-order valence-electron chi connectivity index (χ2n) is 7.51. The highest BCUT2D eigenvalue weighted by Crippen LogP contribution is 2.29. The molecule has 0 saturated heterocycles. The van der Waals surface area contributed by atoms with E-state index in [1.165, 1.54) is 4.57 Å². The summed E-state index contributed by atoms with van der Waals surface area (Å²) in [5, 5.41) is 13.6. The minimum atomic E-state index is -0.211. The Morgan fingerprint density at radius 1 is 1.10 bits per heavy atom. The van der Waals surface area contributed by atoms with Gasteiger partial charge in [-0.25, -0.2) is 14.6 Å². The van der Waals surface area contributed by atoms with Crippen LogP contribution in [0.3, 0.4) is 0 Å². The lowest BCUT2D eigenvalue weighted by Crippen LogP contribution is -2.18. The normalized spacial score (nSPS) is 15.5. The summed E-state index contributed by atoms with van der Waals surface area (Å²) >= 11 is 0. The number of fused-ring (bicyclic) bond motifs is 2. The summed E-state index contributed by atoms with van der Waals surface area (Å²) in [6.45, 7) is 2.15. The van der Waals surface area contributed by atoms with Crippen LogP contribution in [0.15, 0.2) is 60.0 Å². The van der Waals surface area contributed by atoms with E-state index in [2.05, 4.69) is 36.8 Å². The quantitative estimate of drug-likeness (QED) is 0.447. The summed E-state index contributed by atoms with van der Waals surface area (Å²) in [5.41, 5.74) is 1.05. The van der Waals surface area contributed by atoms with Crippen LogP contribution >= 0.6 is 0 Å². The van der Waals surface area contributed by atoms with E-state index >= 15 is 0 Å². The van der Waals surface area contributed by atoms with E-state index in [9.17, 15) is 4.79 Å². The van der Waals surface area contributed by atoms with E-state index in [0.29, 0.717) is 34.3 Å². The fraction of sp³-hybridized carbons (Fsp3) is 0.190. The molecule has 0 aliphatic carbocycles. The molecule has 0 bridgehead atoms. The Labute approximate surface area is 175 Å². The lowest BCUT2D eigenvalue weighted by atomic mass is 10.2. The van der Waals surface area contributed by atoms with Gasteiger partial charge in [0.15, 0.2) is 11.6 Å². The van der Waals surface area contributed by atoms with Crippen LogP contribution in [0.25, 0.3) is 34.1 Å². The number of nitrogens with zero attached hydrogens (tertiary/aromatic N) is 9. The van der Waals surface area contributed by atoms with Crippen molar-refractivity contribution in [3.05, 3.63) is 71.4 Å². The molecule has 0 saturated carbocycles. The van der Waals surface area contributed by atoms with Crippen LogP contribution in [-0.4, -0.2) is 44.1 Å². The van der Waals surface area contributed by atoms with E-state index in [1.807, 2.05) is 12.1 Å². The Kier molecular flexibility index (Phi) is 3.79. The van der Waals surface area contributed by atoms with Gasteiger partial charge >= 0.3 is 0 Å². The highest BCUT2D eigenvalue weighted by molar-refractivity contribution is 5.77. The highest BCUT2D eigenvalue weighted by Gasteiger charge is 2.25. The number of aromatic nitrogens is 9. The molecule has 6 heterocycles. The van der Waals surface area contributed by atoms with Crippen molar-refractivity contribution in [1.82, 2.24) is 44.1 Å². The van der Waals surface area contributed by atoms with Crippen LogP contribution < -0.4 is 5.56 Å². The molecule has 5 aromatic rings. The molecule has 6 rings (SSSR count). The molecule has 0 radical (unpaired) electrons. The van der Waals surface area contributed by atoms with Crippen molar-refractivity contribution in [3.63, 3.8) is 0 Å². The van der Waals surface area contributed by atoms with Crippen molar-refractivity contribution in [2.45, 2.75) is 25.8 Å². The molecule has 0 N–H and O–H groups in total. The summed E-state index contributed by atoms with van der Waals surface area (Å²) in [6.07, 6.45) is 10.1. The first kappa shape index (κ1) is 17.6. The van der Waals surface area contributed by atoms with Crippen molar-refractivity contribution in [2.24, 2.45) is 0 Å². The first-order valence-corrected chi connectivity index (χ1v) is 9.98. The van der Waals surface area contributed by atoms with Crippen LogP contribution in [0.5, 0.6) is 0 Å². The smallest absolute Gasteiger partial charge is 0.267 e. The molecule has 5 aromatic heterocycles. The first-order valence-electron chi connectivity index (χ1n) is 9.98. The van der Waals surface area contributed by atoms with Crippen molar-refractivity contribution in [2.75, 3.05) is 0 Å². The van der Waals surface area contributed by atoms with Gasteiger partial charge < -0.3 is 4.57 Å². The van der Waals surface area contributed by atoms with Gasteiger partial charge in [-0.1, -0.05) is 6.07 Å². The van der Waals surface area contributed by atoms with Crippen LogP contribution in [-0.2, 0) is 6.42 Å². The highest BCUT2D eigenvalue weighted by atomic mass is 16.1. The molecular weight excluding hydrogens is 394 g/mol. The molecule has 0 aromatic carbocycles. The Morgan fingerprint density at radius 3 is 2.90 bits per heavy atom. The molecule has 0 fully saturated rings. The van der Waals surface area contributed by atoms with Crippen molar-refractivity contribution >= 4 is 10.9 Å². The molecule has 1 atom stereocenters. The third kappa shape index (κ3) is 2.75. The van der Waals surface area contributed by atoms with Crippen LogP contribution in [0, 0.1) is 0 Å². The largest absolute Gasteiger partial charge is 0.307 e. The molecule has 31 heavy (non-hydrogen) atoms. The number of pyridine rings is 2. The van der Waals surface area contributed by atoms with Gasteiger partial charge in [-0.2, -0.15) is 5.10 Å². The molecule has 0 spiro atoms. The van der Waals surface area contributed by atoms with Crippen molar-refractivity contribution in [1.29, 1.82) is 0 Å². The molecule has 152 valence electrons. The van der Waals surface area contributed by atoms with E-state index in [4.69, 9.17) is 4.98 Å². The van der Waals surface area contributed by atoms with E-state index in [0.717, 1.165) is 24.5 Å². The van der Waals surface area contributed by atoms with Crippen LogP contribution in [0.2, 0.25) is 0 Å². The molecule has 10 heteroatoms. The molecular formula is C21H17N9O. The van der Waals surface area contributed by atoms with E-state index < -0.39 is 0 Å². The molecule has 1 aliphatic rings. The Hall–Kier alpha value is -4.21. The van der Waals surface area contributed by atoms with Gasteiger partial charge in [0.25, 0.3) is 5.56 Å². The summed E-state index contributed by atoms with van der Waals surface area (Å²) in [4.78, 5) is 26.2. The lowest BCUT2D eigenvalue weighted by molar-refractivity contribution is 0.581. The number of rotatable bonds is 3. The van der Waals surface area contributed by atoms with Gasteiger partial charge in [-0.3, -0.25) is 14.3 Å². The second-order valence-corrected chi connectivity index (χ2v) is 7.51. The molecule has 1 aliphatic heterocycles. The van der Waals surface area contributed by atoms with Gasteiger partial charge in [0.05, 0.1) is 17.1 Å². The Bertz CT molecular complexity index is 1480. The van der Waals surface area contributed by atoms with Gasteiger partial charge in [0.2, 0.25) is 0 Å². The van der Waals surface area contributed by atoms with Crippen LogP contribution in [0.4, 0.5) is 0 Å². The maximum absolute atomic E-state index is 13.2. The summed E-state index contributed by atoms with van der Waals surface area (Å²) < 4.78 is 5.19. The van der Waals surface area contributed by atoms with E-state index in [-0.39, 0.29) is 5.56 Å². The Morgan fingerprint density at radius 2 is 2.03 bits per heavy atom. The zero-order chi connectivity index (χ0) is 20.9. The summed E-state index contributed by atoms with van der Waals surface area (Å²) in [6, 6.07) is 7.68. The lowest BCUT2D eigenvalue weighted by Gasteiger charge is -2.10. The number of hydrogen-bond acceptors (Lipinski definition) is 7. The van der Waals surface area contributed by atoms with Gasteiger partial charge in [-0.15, -0.1) is 10.2 Å². The molecule has 0 amide bonds. The molecule has 10 nitrogen and oxygen atoms in total. The van der Waals surface area contributed by atoms with Gasteiger partial charge in [-0.05, 0) is 31.5 Å². The predicted octanol–water partition coefficient (Wildman–Crippen LogP) is 2.13. The second kappa shape index (κ2) is 6.66. The maximum Gasteiger partial charge on any atom is 0.267 e. The topological polar surface area (TPSA) is 109 Å². The van der Waals surface area contributed by atoms with Crippen LogP contribution in [0.1, 0.15) is 25.2 Å². The van der Waals surface area contributed by atoms with Gasteiger partial charge in [0, 0.05) is 37.3 Å². The minimum Gasteiger partial charge on any atom is -0.307 e. The minimum absolute atomic E-state index is 0.211. The van der Waals surface area contributed by atoms with Crippen molar-refractivity contribution in [3.8, 4) is 23.2 Å². The summed E-state index contributed by atoms with van der Waals surface area (Å²) in [5.74, 6) is 2.76. The average molecular weight is 411 g/mol.